The maximum Gasteiger partial charge on any atom is 0.320 e. The number of aliphatic carboxylic acids is 1. The van der Waals surface area contributed by atoms with Crippen LogP contribution in [0.5, 0.6) is 0 Å². The summed E-state index contributed by atoms with van der Waals surface area (Å²) in [6, 6.07) is 8.41. The number of carboxylic acid groups (broad SMARTS) is 1. The monoisotopic (exact) mass is 261 g/mol. The molecule has 2 atom stereocenters. The van der Waals surface area contributed by atoms with Crippen molar-refractivity contribution in [3.8, 4) is 0 Å². The standard InChI is InChI=1S/C16H23NO2/c1-2-6-15(16(18)19)17-14-10-5-9-12-7-3-4-8-13(12)11-14/h3-4,7-8,14-15,17H,2,5-6,9-11H2,1H3,(H,18,19)/t14?,15-/m0/s1. The molecule has 1 unspecified atom stereocenters. The highest BCUT2D eigenvalue weighted by atomic mass is 16.4. The van der Waals surface area contributed by atoms with Gasteiger partial charge in [-0.2, -0.15) is 0 Å². The molecule has 0 aliphatic heterocycles. The number of aryl methyl sites for hydroxylation is 1. The van der Waals surface area contributed by atoms with Gasteiger partial charge >= 0.3 is 5.97 Å². The SMILES string of the molecule is CCC[C@H](NC1CCCc2ccccc2C1)C(=O)O. The second-order valence-electron chi connectivity index (χ2n) is 5.41. The molecule has 0 amide bonds. The van der Waals surface area contributed by atoms with Crippen LogP contribution in [-0.2, 0) is 17.6 Å². The zero-order chi connectivity index (χ0) is 13.7. The van der Waals surface area contributed by atoms with Crippen molar-refractivity contribution >= 4 is 5.97 Å². The Kier molecular flexibility index (Phi) is 4.97. The van der Waals surface area contributed by atoms with Gasteiger partial charge in [0.05, 0.1) is 0 Å². The molecule has 2 rings (SSSR count). The summed E-state index contributed by atoms with van der Waals surface area (Å²) in [4.78, 5) is 11.2. The summed E-state index contributed by atoms with van der Waals surface area (Å²) in [5, 5.41) is 12.6. The lowest BCUT2D eigenvalue weighted by atomic mass is 10.0. The molecule has 3 heteroatoms. The summed E-state index contributed by atoms with van der Waals surface area (Å²) in [6.45, 7) is 2.03. The van der Waals surface area contributed by atoms with Crippen LogP contribution in [0.25, 0.3) is 0 Å². The zero-order valence-corrected chi connectivity index (χ0v) is 11.6. The van der Waals surface area contributed by atoms with Gasteiger partial charge in [0.25, 0.3) is 0 Å². The van der Waals surface area contributed by atoms with Gasteiger partial charge in [0.15, 0.2) is 0 Å². The second-order valence-corrected chi connectivity index (χ2v) is 5.41. The fourth-order valence-electron chi connectivity index (χ4n) is 2.90. The Hall–Kier alpha value is -1.35. The van der Waals surface area contributed by atoms with Gasteiger partial charge in [-0.15, -0.1) is 0 Å². The van der Waals surface area contributed by atoms with Crippen molar-refractivity contribution in [1.82, 2.24) is 5.32 Å². The van der Waals surface area contributed by atoms with E-state index < -0.39 is 12.0 Å². The number of hydrogen-bond donors (Lipinski definition) is 2. The van der Waals surface area contributed by atoms with E-state index in [2.05, 4.69) is 29.6 Å². The Morgan fingerprint density at radius 3 is 2.84 bits per heavy atom. The topological polar surface area (TPSA) is 49.3 Å². The molecule has 0 saturated carbocycles. The molecule has 3 nitrogen and oxygen atoms in total. The summed E-state index contributed by atoms with van der Waals surface area (Å²) in [6.07, 6.45) is 5.85. The first-order chi connectivity index (χ1) is 9.20. The molecule has 1 aliphatic carbocycles. The van der Waals surface area contributed by atoms with E-state index in [1.807, 2.05) is 6.92 Å². The summed E-state index contributed by atoms with van der Waals surface area (Å²) < 4.78 is 0. The van der Waals surface area contributed by atoms with Crippen LogP contribution in [0, 0.1) is 0 Å². The minimum Gasteiger partial charge on any atom is -0.480 e. The maximum absolute atomic E-state index is 11.2. The van der Waals surface area contributed by atoms with E-state index in [1.165, 1.54) is 11.1 Å². The maximum atomic E-state index is 11.2. The van der Waals surface area contributed by atoms with Gasteiger partial charge in [-0.1, -0.05) is 37.6 Å². The van der Waals surface area contributed by atoms with Crippen LogP contribution in [0.2, 0.25) is 0 Å². The van der Waals surface area contributed by atoms with Crippen molar-refractivity contribution in [3.63, 3.8) is 0 Å². The quantitative estimate of drug-likeness (QED) is 0.801. The predicted molar refractivity (Wildman–Crippen MR) is 76.3 cm³/mol. The highest BCUT2D eigenvalue weighted by Gasteiger charge is 2.22. The smallest absolute Gasteiger partial charge is 0.320 e. The third-order valence-electron chi connectivity index (χ3n) is 3.90. The number of nitrogens with one attached hydrogen (secondary N) is 1. The van der Waals surface area contributed by atoms with Gasteiger partial charge in [-0.25, -0.2) is 0 Å². The molecule has 1 aliphatic rings. The van der Waals surface area contributed by atoms with Crippen molar-refractivity contribution in [2.75, 3.05) is 0 Å². The first-order valence-corrected chi connectivity index (χ1v) is 7.26. The van der Waals surface area contributed by atoms with E-state index in [0.717, 1.165) is 32.1 Å². The Bertz CT molecular complexity index is 431. The molecule has 104 valence electrons. The van der Waals surface area contributed by atoms with Crippen molar-refractivity contribution in [3.05, 3.63) is 35.4 Å². The van der Waals surface area contributed by atoms with Crippen molar-refractivity contribution in [2.45, 2.75) is 57.5 Å². The van der Waals surface area contributed by atoms with Crippen molar-refractivity contribution in [1.29, 1.82) is 0 Å². The number of carbonyl (C=O) groups is 1. The van der Waals surface area contributed by atoms with Crippen LogP contribution in [0.4, 0.5) is 0 Å². The number of carboxylic acids is 1. The van der Waals surface area contributed by atoms with Gasteiger partial charge in [-0.05, 0) is 43.2 Å². The van der Waals surface area contributed by atoms with Crippen LogP contribution < -0.4 is 5.32 Å². The van der Waals surface area contributed by atoms with Crippen LogP contribution in [-0.4, -0.2) is 23.2 Å². The van der Waals surface area contributed by atoms with Crippen LogP contribution in [0.15, 0.2) is 24.3 Å². The van der Waals surface area contributed by atoms with E-state index in [1.54, 1.807) is 0 Å². The molecule has 1 aromatic rings. The fraction of sp³-hybridized carbons (Fsp3) is 0.562. The van der Waals surface area contributed by atoms with Crippen molar-refractivity contribution < 1.29 is 9.90 Å². The molecule has 0 radical (unpaired) electrons. The average Bonchev–Trinajstić information content (AvgIpc) is 2.59. The zero-order valence-electron chi connectivity index (χ0n) is 11.6. The van der Waals surface area contributed by atoms with E-state index >= 15 is 0 Å². The van der Waals surface area contributed by atoms with Gasteiger partial charge in [0, 0.05) is 6.04 Å². The second kappa shape index (κ2) is 6.71. The Balaban J connectivity index is 2.03. The largest absolute Gasteiger partial charge is 0.480 e. The Morgan fingerprint density at radius 1 is 1.42 bits per heavy atom. The molecule has 19 heavy (non-hydrogen) atoms. The van der Waals surface area contributed by atoms with Crippen LogP contribution in [0.1, 0.15) is 43.7 Å². The first kappa shape index (κ1) is 14.1. The van der Waals surface area contributed by atoms with Crippen molar-refractivity contribution in [2.24, 2.45) is 0 Å². The molecular weight excluding hydrogens is 238 g/mol. The number of fused-ring (bicyclic) bond motifs is 1. The highest BCUT2D eigenvalue weighted by molar-refractivity contribution is 5.73. The van der Waals surface area contributed by atoms with Gasteiger partial charge < -0.3 is 10.4 Å². The molecule has 0 fully saturated rings. The summed E-state index contributed by atoms with van der Waals surface area (Å²) in [7, 11) is 0. The highest BCUT2D eigenvalue weighted by Crippen LogP contribution is 2.21. The molecule has 1 aromatic carbocycles. The first-order valence-electron chi connectivity index (χ1n) is 7.26. The van der Waals surface area contributed by atoms with E-state index in [0.29, 0.717) is 6.42 Å². The van der Waals surface area contributed by atoms with E-state index in [9.17, 15) is 9.90 Å². The Morgan fingerprint density at radius 2 is 2.16 bits per heavy atom. The minimum atomic E-state index is -0.723. The van der Waals surface area contributed by atoms with Crippen LogP contribution >= 0.6 is 0 Å². The lowest BCUT2D eigenvalue weighted by Gasteiger charge is -2.22. The number of rotatable bonds is 5. The number of hydrogen-bond acceptors (Lipinski definition) is 2. The molecular formula is C16H23NO2. The van der Waals surface area contributed by atoms with Gasteiger partial charge in [0.1, 0.15) is 6.04 Å². The van der Waals surface area contributed by atoms with Crippen LogP contribution in [0.3, 0.4) is 0 Å². The van der Waals surface area contributed by atoms with E-state index in [-0.39, 0.29) is 6.04 Å². The molecule has 0 heterocycles. The average molecular weight is 261 g/mol. The summed E-state index contributed by atoms with van der Waals surface area (Å²) in [5.74, 6) is -0.723. The molecule has 0 spiro atoms. The molecule has 0 aromatic heterocycles. The fourth-order valence-corrected chi connectivity index (χ4v) is 2.90. The summed E-state index contributed by atoms with van der Waals surface area (Å²) >= 11 is 0. The lowest BCUT2D eigenvalue weighted by molar-refractivity contribution is -0.139. The Labute approximate surface area is 115 Å². The summed E-state index contributed by atoms with van der Waals surface area (Å²) in [5.41, 5.74) is 2.80. The third-order valence-corrected chi connectivity index (χ3v) is 3.90. The third kappa shape index (κ3) is 3.80. The minimum absolute atomic E-state index is 0.288. The normalized spacial score (nSPS) is 20.4. The number of benzene rings is 1. The van der Waals surface area contributed by atoms with Gasteiger partial charge in [-0.3, -0.25) is 4.79 Å². The molecule has 0 saturated heterocycles. The molecule has 0 bridgehead atoms. The molecule has 2 N–H and O–H groups in total. The predicted octanol–water partition coefficient (Wildman–Crippen LogP) is 2.78. The van der Waals surface area contributed by atoms with E-state index in [4.69, 9.17) is 0 Å². The van der Waals surface area contributed by atoms with Gasteiger partial charge in [0.2, 0.25) is 0 Å². The lowest BCUT2D eigenvalue weighted by Crippen LogP contribution is -2.44.